The number of aromatic nitrogens is 2. The third kappa shape index (κ3) is 4.23. The lowest BCUT2D eigenvalue weighted by Crippen LogP contribution is -2.41. The van der Waals surface area contributed by atoms with Crippen LogP contribution in [0.5, 0.6) is 11.5 Å². The van der Waals surface area contributed by atoms with Crippen LogP contribution < -0.4 is 19.7 Å². The van der Waals surface area contributed by atoms with Crippen LogP contribution in [0.25, 0.3) is 10.9 Å². The number of ether oxygens (including phenoxy) is 2. The lowest BCUT2D eigenvalue weighted by atomic mass is 9.96. The Labute approximate surface area is 187 Å². The van der Waals surface area contributed by atoms with Crippen LogP contribution in [-0.4, -0.2) is 65.8 Å². The van der Waals surface area contributed by atoms with Crippen molar-refractivity contribution in [1.29, 1.82) is 0 Å². The summed E-state index contributed by atoms with van der Waals surface area (Å²) in [5, 5.41) is 4.70. The second-order valence-corrected chi connectivity index (χ2v) is 8.48. The number of hydrogen-bond acceptors (Lipinski definition) is 7. The molecule has 1 unspecified atom stereocenters. The maximum atomic E-state index is 12.7. The van der Waals surface area contributed by atoms with Gasteiger partial charge in [-0.1, -0.05) is 13.3 Å². The van der Waals surface area contributed by atoms with Crippen molar-refractivity contribution in [3.05, 3.63) is 18.5 Å². The van der Waals surface area contributed by atoms with Crippen molar-refractivity contribution in [3.8, 4) is 11.5 Å². The fourth-order valence-electron chi connectivity index (χ4n) is 4.44. The van der Waals surface area contributed by atoms with Crippen molar-refractivity contribution in [1.82, 2.24) is 20.2 Å². The molecule has 166 valence electrons. The Bertz CT molecular complexity index is 977. The van der Waals surface area contributed by atoms with Crippen LogP contribution in [0.2, 0.25) is 0 Å². The highest BCUT2D eigenvalue weighted by Crippen LogP contribution is 2.35. The molecule has 2 aliphatic rings. The molecule has 0 bridgehead atoms. The van der Waals surface area contributed by atoms with Crippen LogP contribution in [0.1, 0.15) is 32.6 Å². The second kappa shape index (κ2) is 9.21. The normalized spacial score (nSPS) is 19.8. The van der Waals surface area contributed by atoms with Gasteiger partial charge in [-0.05, 0) is 43.5 Å². The summed E-state index contributed by atoms with van der Waals surface area (Å²) in [6.07, 6.45) is 5.33. The van der Waals surface area contributed by atoms with Crippen LogP contribution in [0.4, 0.5) is 5.82 Å². The highest BCUT2D eigenvalue weighted by atomic mass is 32.1. The van der Waals surface area contributed by atoms with Crippen LogP contribution in [0.3, 0.4) is 0 Å². The third-order valence-electron chi connectivity index (χ3n) is 6.16. The van der Waals surface area contributed by atoms with Crippen molar-refractivity contribution in [2.24, 2.45) is 5.92 Å². The minimum absolute atomic E-state index is 0.122. The topological polar surface area (TPSA) is 79.8 Å². The lowest BCUT2D eigenvalue weighted by Gasteiger charge is -2.34. The molecule has 2 saturated heterocycles. The number of anilines is 1. The molecule has 2 aliphatic heterocycles. The van der Waals surface area contributed by atoms with E-state index >= 15 is 0 Å². The Morgan fingerprint density at radius 2 is 1.87 bits per heavy atom. The fraction of sp³-hybridized carbons (Fsp3) is 0.545. The molecular formula is C22H29N5O3S. The number of benzene rings is 1. The summed E-state index contributed by atoms with van der Waals surface area (Å²) < 4.78 is 10.9. The first kappa shape index (κ1) is 21.5. The third-order valence-corrected chi connectivity index (χ3v) is 6.50. The first-order chi connectivity index (χ1) is 15.0. The van der Waals surface area contributed by atoms with E-state index in [1.54, 1.807) is 25.4 Å². The summed E-state index contributed by atoms with van der Waals surface area (Å²) in [6, 6.07) is 3.67. The maximum Gasteiger partial charge on any atom is 0.251 e. The van der Waals surface area contributed by atoms with E-state index in [2.05, 4.69) is 27.1 Å². The molecule has 2 fully saturated rings. The van der Waals surface area contributed by atoms with Crippen LogP contribution in [-0.2, 0) is 4.79 Å². The molecular weight excluding hydrogens is 414 g/mol. The molecule has 1 aromatic heterocycles. The number of carbonyl (C=O) groups is 1. The number of carbonyl (C=O) groups excluding carboxylic acids is 1. The Hall–Kier alpha value is -2.68. The smallest absolute Gasteiger partial charge is 0.251 e. The second-order valence-electron chi connectivity index (χ2n) is 8.09. The van der Waals surface area contributed by atoms with Crippen LogP contribution in [0.15, 0.2) is 18.5 Å². The lowest BCUT2D eigenvalue weighted by molar-refractivity contribution is -0.127. The molecule has 0 saturated carbocycles. The zero-order chi connectivity index (χ0) is 22.0. The molecule has 1 amide bonds. The van der Waals surface area contributed by atoms with E-state index in [-0.39, 0.29) is 11.9 Å². The van der Waals surface area contributed by atoms with E-state index in [1.807, 2.05) is 12.1 Å². The standard InChI is InChI=1S/C22H29N5O3S/c1-4-5-16-21(28)27(22(31)25-16)12-14-6-8-26(9-7-14)20-15-10-18(29-2)19(30-3)11-17(15)23-13-24-20/h10-11,13-14,16H,4-9,12H2,1-3H3,(H,25,31). The number of nitrogens with zero attached hydrogens (tertiary/aromatic N) is 4. The number of nitrogens with one attached hydrogen (secondary N) is 1. The molecule has 1 atom stereocenters. The predicted octanol–water partition coefficient (Wildman–Crippen LogP) is 2.75. The zero-order valence-corrected chi connectivity index (χ0v) is 19.1. The highest BCUT2D eigenvalue weighted by Gasteiger charge is 2.36. The molecule has 3 heterocycles. The predicted molar refractivity (Wildman–Crippen MR) is 124 cm³/mol. The number of rotatable bonds is 7. The van der Waals surface area contributed by atoms with Crippen molar-refractivity contribution < 1.29 is 14.3 Å². The Morgan fingerprint density at radius 3 is 2.55 bits per heavy atom. The number of hydrogen-bond donors (Lipinski definition) is 1. The SMILES string of the molecule is CCCC1NC(=S)N(CC2CCN(c3ncnc4cc(OC)c(OC)cc34)CC2)C1=O. The monoisotopic (exact) mass is 443 g/mol. The van der Waals surface area contributed by atoms with Gasteiger partial charge in [0.15, 0.2) is 16.6 Å². The van der Waals surface area contributed by atoms with Gasteiger partial charge >= 0.3 is 0 Å². The van der Waals surface area contributed by atoms with E-state index in [9.17, 15) is 4.79 Å². The Morgan fingerprint density at radius 1 is 1.16 bits per heavy atom. The fourth-order valence-corrected chi connectivity index (χ4v) is 4.75. The van der Waals surface area contributed by atoms with E-state index in [1.165, 1.54) is 0 Å². The van der Waals surface area contributed by atoms with Gasteiger partial charge in [-0.3, -0.25) is 9.69 Å². The number of piperidine rings is 1. The van der Waals surface area contributed by atoms with Gasteiger partial charge < -0.3 is 19.7 Å². The van der Waals surface area contributed by atoms with E-state index in [0.29, 0.717) is 29.1 Å². The largest absolute Gasteiger partial charge is 0.493 e. The number of fused-ring (bicyclic) bond motifs is 1. The van der Waals surface area contributed by atoms with Crippen molar-refractivity contribution in [3.63, 3.8) is 0 Å². The molecule has 8 nitrogen and oxygen atoms in total. The summed E-state index contributed by atoms with van der Waals surface area (Å²) in [6.45, 7) is 4.50. The summed E-state index contributed by atoms with van der Waals surface area (Å²) >= 11 is 5.42. The Balaban J connectivity index is 1.45. The van der Waals surface area contributed by atoms with Gasteiger partial charge in [-0.2, -0.15) is 0 Å². The minimum Gasteiger partial charge on any atom is -0.493 e. The number of thiocarbonyl (C=S) groups is 1. The van der Waals surface area contributed by atoms with Gasteiger partial charge in [0.05, 0.1) is 19.7 Å². The summed E-state index contributed by atoms with van der Waals surface area (Å²) in [4.78, 5) is 25.7. The number of methoxy groups -OCH3 is 2. The summed E-state index contributed by atoms with van der Waals surface area (Å²) in [7, 11) is 3.25. The van der Waals surface area contributed by atoms with E-state index in [4.69, 9.17) is 21.7 Å². The van der Waals surface area contributed by atoms with Crippen LogP contribution in [0, 0.1) is 5.92 Å². The van der Waals surface area contributed by atoms with Gasteiger partial charge in [0.25, 0.3) is 5.91 Å². The average Bonchev–Trinajstić information content (AvgIpc) is 3.06. The molecule has 0 spiro atoms. The van der Waals surface area contributed by atoms with Crippen molar-refractivity contribution in [2.75, 3.05) is 38.8 Å². The quantitative estimate of drug-likeness (QED) is 0.655. The van der Waals surface area contributed by atoms with Gasteiger partial charge in [0.2, 0.25) is 0 Å². The molecule has 1 N–H and O–H groups in total. The van der Waals surface area contributed by atoms with Crippen molar-refractivity contribution >= 4 is 40.0 Å². The minimum atomic E-state index is -0.156. The number of amides is 1. The average molecular weight is 444 g/mol. The first-order valence-electron chi connectivity index (χ1n) is 10.8. The van der Waals surface area contributed by atoms with E-state index < -0.39 is 0 Å². The zero-order valence-electron chi connectivity index (χ0n) is 18.3. The van der Waals surface area contributed by atoms with Crippen molar-refractivity contribution in [2.45, 2.75) is 38.6 Å². The van der Waals surface area contributed by atoms with E-state index in [0.717, 1.165) is 55.5 Å². The molecule has 0 aliphatic carbocycles. The Kier molecular flexibility index (Phi) is 6.41. The molecule has 0 radical (unpaired) electrons. The summed E-state index contributed by atoms with van der Waals surface area (Å²) in [5.41, 5.74) is 0.825. The molecule has 31 heavy (non-hydrogen) atoms. The van der Waals surface area contributed by atoms with Gasteiger partial charge in [-0.15, -0.1) is 0 Å². The van der Waals surface area contributed by atoms with Gasteiger partial charge in [0.1, 0.15) is 18.2 Å². The molecule has 9 heteroatoms. The van der Waals surface area contributed by atoms with Gasteiger partial charge in [-0.25, -0.2) is 9.97 Å². The highest BCUT2D eigenvalue weighted by molar-refractivity contribution is 7.80. The maximum absolute atomic E-state index is 12.7. The summed E-state index contributed by atoms with van der Waals surface area (Å²) in [5.74, 6) is 2.76. The first-order valence-corrected chi connectivity index (χ1v) is 11.2. The van der Waals surface area contributed by atoms with Gasteiger partial charge in [0, 0.05) is 31.1 Å². The molecule has 1 aromatic carbocycles. The van der Waals surface area contributed by atoms with Crippen LogP contribution >= 0.6 is 12.2 Å². The molecule has 4 rings (SSSR count). The molecule has 2 aromatic rings.